The fourth-order valence-corrected chi connectivity index (χ4v) is 2.90. The Labute approximate surface area is 119 Å². The molecule has 0 saturated heterocycles. The van der Waals surface area contributed by atoms with Crippen molar-refractivity contribution >= 4 is 17.1 Å². The summed E-state index contributed by atoms with van der Waals surface area (Å²) in [6, 6.07) is 5.61. The van der Waals surface area contributed by atoms with Crippen molar-refractivity contribution in [2.75, 3.05) is 17.2 Å². The number of hydrogen-bond acceptors (Lipinski definition) is 4. The van der Waals surface area contributed by atoms with Gasteiger partial charge in [-0.2, -0.15) is 0 Å². The first-order chi connectivity index (χ1) is 9.23. The van der Waals surface area contributed by atoms with Crippen LogP contribution in [0.3, 0.4) is 0 Å². The van der Waals surface area contributed by atoms with E-state index in [4.69, 9.17) is 0 Å². The van der Waals surface area contributed by atoms with Crippen molar-refractivity contribution in [2.45, 2.75) is 40.7 Å². The fourth-order valence-electron chi connectivity index (χ4n) is 2.90. The molecule has 0 aromatic heterocycles. The minimum Gasteiger partial charge on any atom is -0.380 e. The third-order valence-electron chi connectivity index (χ3n) is 4.91. The van der Waals surface area contributed by atoms with Crippen LogP contribution < -0.4 is 10.6 Å². The zero-order chi connectivity index (χ0) is 15.1. The van der Waals surface area contributed by atoms with Gasteiger partial charge in [-0.15, -0.1) is 0 Å². The molecule has 0 aliphatic heterocycles. The van der Waals surface area contributed by atoms with E-state index in [1.54, 1.807) is 12.1 Å². The Hall–Kier alpha value is -1.78. The lowest BCUT2D eigenvalue weighted by molar-refractivity contribution is -0.383. The van der Waals surface area contributed by atoms with E-state index in [-0.39, 0.29) is 27.5 Å². The first kappa shape index (κ1) is 14.6. The highest BCUT2D eigenvalue weighted by molar-refractivity contribution is 5.77. The number of rotatable bonds is 5. The maximum absolute atomic E-state index is 11.4. The molecule has 2 rings (SSSR count). The van der Waals surface area contributed by atoms with E-state index < -0.39 is 0 Å². The molecule has 0 atom stereocenters. The van der Waals surface area contributed by atoms with Gasteiger partial charge in [-0.3, -0.25) is 10.1 Å². The number of nitrogens with zero attached hydrogens (tertiary/aromatic N) is 1. The maximum Gasteiger partial charge on any atom is 0.315 e. The molecule has 0 radical (unpaired) electrons. The van der Waals surface area contributed by atoms with E-state index in [0.29, 0.717) is 17.9 Å². The molecular formula is C15H23N3O2. The summed E-state index contributed by atoms with van der Waals surface area (Å²) in [4.78, 5) is 11.1. The van der Waals surface area contributed by atoms with Crippen molar-refractivity contribution in [3.8, 4) is 0 Å². The van der Waals surface area contributed by atoms with Crippen molar-refractivity contribution in [2.24, 2.45) is 10.8 Å². The number of anilines is 2. The molecule has 1 aromatic rings. The number of nitrogens with one attached hydrogen (secondary N) is 2. The lowest BCUT2D eigenvalue weighted by Gasteiger charge is -2.12. The van der Waals surface area contributed by atoms with E-state index >= 15 is 0 Å². The summed E-state index contributed by atoms with van der Waals surface area (Å²) >= 11 is 0. The number of para-hydroxylation sites is 1. The summed E-state index contributed by atoms with van der Waals surface area (Å²) in [6.07, 6.45) is 0. The second-order valence-electron chi connectivity index (χ2n) is 6.51. The standard InChI is InChI=1S/C15H23N3O2/c1-6-16-10-8-7-9-11(12(10)18(19)20)17-13-14(2,3)15(13,4)5/h7-9,13,16-17H,6H2,1-5H3. The minimum atomic E-state index is -0.317. The lowest BCUT2D eigenvalue weighted by Crippen LogP contribution is -2.12. The zero-order valence-corrected chi connectivity index (χ0v) is 12.8. The van der Waals surface area contributed by atoms with Crippen LogP contribution in [0.5, 0.6) is 0 Å². The second kappa shape index (κ2) is 4.65. The Morgan fingerprint density at radius 3 is 2.20 bits per heavy atom. The van der Waals surface area contributed by atoms with Gasteiger partial charge in [0, 0.05) is 12.6 Å². The first-order valence-corrected chi connectivity index (χ1v) is 7.01. The summed E-state index contributed by atoms with van der Waals surface area (Å²) < 4.78 is 0. The summed E-state index contributed by atoms with van der Waals surface area (Å²) in [7, 11) is 0. The topological polar surface area (TPSA) is 67.2 Å². The first-order valence-electron chi connectivity index (χ1n) is 7.01. The molecule has 0 amide bonds. The van der Waals surface area contributed by atoms with Gasteiger partial charge in [-0.05, 0) is 29.9 Å². The van der Waals surface area contributed by atoms with Crippen LogP contribution >= 0.6 is 0 Å². The molecule has 0 bridgehead atoms. The molecular weight excluding hydrogens is 254 g/mol. The van der Waals surface area contributed by atoms with Crippen LogP contribution in [0, 0.1) is 20.9 Å². The molecule has 1 fully saturated rings. The number of nitro benzene ring substituents is 1. The molecule has 2 N–H and O–H groups in total. The molecule has 1 aliphatic rings. The van der Waals surface area contributed by atoms with Crippen LogP contribution in [0.15, 0.2) is 18.2 Å². The van der Waals surface area contributed by atoms with Crippen molar-refractivity contribution in [3.05, 3.63) is 28.3 Å². The van der Waals surface area contributed by atoms with Crippen molar-refractivity contribution < 1.29 is 4.92 Å². The maximum atomic E-state index is 11.4. The van der Waals surface area contributed by atoms with Crippen LogP contribution in [-0.2, 0) is 0 Å². The number of benzene rings is 1. The smallest absolute Gasteiger partial charge is 0.315 e. The fraction of sp³-hybridized carbons (Fsp3) is 0.600. The Bertz CT molecular complexity index is 524. The van der Waals surface area contributed by atoms with Crippen LogP contribution in [-0.4, -0.2) is 17.5 Å². The highest BCUT2D eigenvalue weighted by Crippen LogP contribution is 2.64. The van der Waals surface area contributed by atoms with Gasteiger partial charge in [0.1, 0.15) is 11.4 Å². The van der Waals surface area contributed by atoms with E-state index in [1.807, 2.05) is 13.0 Å². The van der Waals surface area contributed by atoms with Gasteiger partial charge in [0.05, 0.1) is 4.92 Å². The normalized spacial score (nSPS) is 19.4. The quantitative estimate of drug-likeness (QED) is 0.633. The lowest BCUT2D eigenvalue weighted by atomic mass is 10.0. The molecule has 5 nitrogen and oxygen atoms in total. The van der Waals surface area contributed by atoms with Gasteiger partial charge in [-0.25, -0.2) is 0 Å². The molecule has 20 heavy (non-hydrogen) atoms. The van der Waals surface area contributed by atoms with Gasteiger partial charge in [0.25, 0.3) is 0 Å². The van der Waals surface area contributed by atoms with Crippen molar-refractivity contribution in [1.29, 1.82) is 0 Å². The Kier molecular flexibility index (Phi) is 3.40. The van der Waals surface area contributed by atoms with Gasteiger partial charge in [0.2, 0.25) is 0 Å². The highest BCUT2D eigenvalue weighted by atomic mass is 16.6. The SMILES string of the molecule is CCNc1cccc(NC2C(C)(C)C2(C)C)c1[N+](=O)[O-]. The molecule has 1 saturated carbocycles. The summed E-state index contributed by atoms with van der Waals surface area (Å²) in [5, 5.41) is 17.8. The Morgan fingerprint density at radius 2 is 1.75 bits per heavy atom. The van der Waals surface area contributed by atoms with Crippen LogP contribution in [0.1, 0.15) is 34.6 Å². The Morgan fingerprint density at radius 1 is 1.20 bits per heavy atom. The van der Waals surface area contributed by atoms with Crippen LogP contribution in [0.25, 0.3) is 0 Å². The Balaban J connectivity index is 2.34. The van der Waals surface area contributed by atoms with E-state index in [2.05, 4.69) is 38.3 Å². The van der Waals surface area contributed by atoms with E-state index in [9.17, 15) is 10.1 Å². The van der Waals surface area contributed by atoms with E-state index in [0.717, 1.165) is 0 Å². The number of nitro groups is 1. The molecule has 5 heteroatoms. The van der Waals surface area contributed by atoms with Gasteiger partial charge in [-0.1, -0.05) is 33.8 Å². The van der Waals surface area contributed by atoms with Gasteiger partial charge >= 0.3 is 5.69 Å². The van der Waals surface area contributed by atoms with Crippen LogP contribution in [0.4, 0.5) is 17.1 Å². The second-order valence-corrected chi connectivity index (χ2v) is 6.51. The predicted octanol–water partition coefficient (Wildman–Crippen LogP) is 3.87. The highest BCUT2D eigenvalue weighted by Gasteiger charge is 2.65. The number of hydrogen-bond donors (Lipinski definition) is 2. The average molecular weight is 277 g/mol. The minimum absolute atomic E-state index is 0.132. The molecule has 0 unspecified atom stereocenters. The molecule has 0 heterocycles. The molecule has 0 spiro atoms. The van der Waals surface area contributed by atoms with Gasteiger partial charge < -0.3 is 10.6 Å². The third kappa shape index (κ3) is 2.11. The largest absolute Gasteiger partial charge is 0.380 e. The molecule has 1 aromatic carbocycles. The van der Waals surface area contributed by atoms with Crippen molar-refractivity contribution in [3.63, 3.8) is 0 Å². The summed E-state index contributed by atoms with van der Waals surface area (Å²) in [5.74, 6) is 0. The molecule has 110 valence electrons. The van der Waals surface area contributed by atoms with E-state index in [1.165, 1.54) is 0 Å². The summed E-state index contributed by atoms with van der Waals surface area (Å²) in [6.45, 7) is 11.3. The van der Waals surface area contributed by atoms with Gasteiger partial charge in [0.15, 0.2) is 0 Å². The van der Waals surface area contributed by atoms with Crippen LogP contribution in [0.2, 0.25) is 0 Å². The predicted molar refractivity (Wildman–Crippen MR) is 82.2 cm³/mol. The monoisotopic (exact) mass is 277 g/mol. The summed E-state index contributed by atoms with van der Waals surface area (Å²) in [5.41, 5.74) is 1.56. The average Bonchev–Trinajstić information content (AvgIpc) is 2.72. The molecule has 1 aliphatic carbocycles. The third-order valence-corrected chi connectivity index (χ3v) is 4.91. The van der Waals surface area contributed by atoms with Crippen molar-refractivity contribution in [1.82, 2.24) is 0 Å². The zero-order valence-electron chi connectivity index (χ0n) is 12.8.